The predicted molar refractivity (Wildman–Crippen MR) is 49.3 cm³/mol. The first-order valence-corrected chi connectivity index (χ1v) is 4.60. The summed E-state index contributed by atoms with van der Waals surface area (Å²) >= 11 is 0. The van der Waals surface area contributed by atoms with Crippen LogP contribution in [0.3, 0.4) is 0 Å². The van der Waals surface area contributed by atoms with Crippen LogP contribution in [0.4, 0.5) is 0 Å². The lowest BCUT2D eigenvalue weighted by Gasteiger charge is -2.29. The van der Waals surface area contributed by atoms with Crippen LogP contribution >= 0.6 is 0 Å². The molecule has 1 aliphatic rings. The van der Waals surface area contributed by atoms with Crippen molar-refractivity contribution in [3.8, 4) is 0 Å². The molecular formula is C9H16N2O2. The number of piperidine rings is 1. The minimum atomic E-state index is -0.127. The average Bonchev–Trinajstić information content (AvgIpc) is 2.09. The summed E-state index contributed by atoms with van der Waals surface area (Å²) in [6.07, 6.45) is 0.412. The number of nitrogens with one attached hydrogen (secondary N) is 1. The summed E-state index contributed by atoms with van der Waals surface area (Å²) in [5.74, 6) is 0.149. The maximum Gasteiger partial charge on any atom is 0.226 e. The van der Waals surface area contributed by atoms with Crippen molar-refractivity contribution in [3.05, 3.63) is 0 Å². The van der Waals surface area contributed by atoms with Crippen molar-refractivity contribution >= 4 is 11.7 Å². The molecule has 0 aromatic heterocycles. The minimum absolute atomic E-state index is 0.106. The third-order valence-corrected chi connectivity index (χ3v) is 2.27. The zero-order valence-electron chi connectivity index (χ0n) is 8.17. The van der Waals surface area contributed by atoms with Crippen molar-refractivity contribution in [2.75, 3.05) is 26.7 Å². The molecule has 0 spiro atoms. The van der Waals surface area contributed by atoms with Crippen molar-refractivity contribution in [1.82, 2.24) is 10.2 Å². The molecule has 0 radical (unpaired) electrons. The van der Waals surface area contributed by atoms with Gasteiger partial charge < -0.3 is 10.2 Å². The Balaban J connectivity index is 2.51. The molecule has 0 aromatic rings. The van der Waals surface area contributed by atoms with Crippen LogP contribution in [0.2, 0.25) is 0 Å². The number of likely N-dealkylation sites (tertiary alicyclic amines) is 1. The van der Waals surface area contributed by atoms with Gasteiger partial charge in [0.2, 0.25) is 5.91 Å². The molecule has 1 aliphatic heterocycles. The van der Waals surface area contributed by atoms with Gasteiger partial charge in [-0.05, 0) is 7.05 Å². The number of hydrogen-bond acceptors (Lipinski definition) is 3. The maximum absolute atomic E-state index is 11.5. The van der Waals surface area contributed by atoms with Crippen molar-refractivity contribution < 1.29 is 9.59 Å². The van der Waals surface area contributed by atoms with Gasteiger partial charge in [0.05, 0.1) is 6.54 Å². The van der Waals surface area contributed by atoms with Crippen LogP contribution < -0.4 is 5.32 Å². The molecular weight excluding hydrogens is 168 g/mol. The van der Waals surface area contributed by atoms with E-state index in [9.17, 15) is 9.59 Å². The summed E-state index contributed by atoms with van der Waals surface area (Å²) in [5, 5.41) is 2.96. The fraction of sp³-hybridized carbons (Fsp3) is 0.778. The van der Waals surface area contributed by atoms with Crippen LogP contribution in [-0.4, -0.2) is 43.3 Å². The van der Waals surface area contributed by atoms with Crippen LogP contribution in [0, 0.1) is 5.92 Å². The number of nitrogens with zero attached hydrogens (tertiary/aromatic N) is 1. The Morgan fingerprint density at radius 1 is 1.54 bits per heavy atom. The summed E-state index contributed by atoms with van der Waals surface area (Å²) in [6, 6.07) is 0. The van der Waals surface area contributed by atoms with Crippen LogP contribution in [0.25, 0.3) is 0 Å². The standard InChI is InChI=1S/C9H16N2O2/c1-7-5-8(12)6-11(9(7)13)4-3-10-2/h7,10H,3-6H2,1-2H3. The number of carbonyl (C=O) groups excluding carboxylic acids is 2. The number of carbonyl (C=O) groups is 2. The molecule has 4 nitrogen and oxygen atoms in total. The van der Waals surface area contributed by atoms with Gasteiger partial charge in [0.1, 0.15) is 0 Å². The molecule has 1 amide bonds. The highest BCUT2D eigenvalue weighted by molar-refractivity contribution is 5.94. The number of hydrogen-bond donors (Lipinski definition) is 1. The summed E-state index contributed by atoms with van der Waals surface area (Å²) in [5.41, 5.74) is 0. The summed E-state index contributed by atoms with van der Waals surface area (Å²) < 4.78 is 0. The smallest absolute Gasteiger partial charge is 0.226 e. The van der Waals surface area contributed by atoms with E-state index < -0.39 is 0 Å². The Bertz CT molecular complexity index is 216. The van der Waals surface area contributed by atoms with Gasteiger partial charge in [0.15, 0.2) is 5.78 Å². The SMILES string of the molecule is CNCCN1CC(=O)CC(C)C1=O. The van der Waals surface area contributed by atoms with E-state index >= 15 is 0 Å². The van der Waals surface area contributed by atoms with E-state index in [1.807, 2.05) is 14.0 Å². The van der Waals surface area contributed by atoms with Gasteiger partial charge in [-0.25, -0.2) is 0 Å². The quantitative estimate of drug-likeness (QED) is 0.652. The van der Waals surface area contributed by atoms with E-state index in [1.54, 1.807) is 4.90 Å². The Morgan fingerprint density at radius 3 is 2.85 bits per heavy atom. The molecule has 1 unspecified atom stereocenters. The van der Waals surface area contributed by atoms with E-state index in [0.717, 1.165) is 6.54 Å². The normalized spacial score (nSPS) is 23.8. The number of Topliss-reactive ketones (excluding diaryl/α,β-unsaturated/α-hetero) is 1. The largest absolute Gasteiger partial charge is 0.334 e. The second-order valence-electron chi connectivity index (χ2n) is 3.51. The van der Waals surface area contributed by atoms with Crippen molar-refractivity contribution in [2.24, 2.45) is 5.92 Å². The van der Waals surface area contributed by atoms with Crippen molar-refractivity contribution in [2.45, 2.75) is 13.3 Å². The molecule has 1 heterocycles. The maximum atomic E-state index is 11.5. The number of ketones is 1. The minimum Gasteiger partial charge on any atom is -0.334 e. The second-order valence-corrected chi connectivity index (χ2v) is 3.51. The Hall–Kier alpha value is -0.900. The van der Waals surface area contributed by atoms with Crippen molar-refractivity contribution in [1.29, 1.82) is 0 Å². The van der Waals surface area contributed by atoms with Gasteiger partial charge in [-0.15, -0.1) is 0 Å². The third kappa shape index (κ3) is 2.52. The van der Waals surface area contributed by atoms with Gasteiger partial charge in [-0.3, -0.25) is 9.59 Å². The third-order valence-electron chi connectivity index (χ3n) is 2.27. The lowest BCUT2D eigenvalue weighted by Crippen LogP contribution is -2.47. The molecule has 74 valence electrons. The monoisotopic (exact) mass is 184 g/mol. The number of likely N-dealkylation sites (N-methyl/N-ethyl adjacent to an activating group) is 1. The van der Waals surface area contributed by atoms with E-state index in [0.29, 0.717) is 19.5 Å². The van der Waals surface area contributed by atoms with Crippen LogP contribution in [0.15, 0.2) is 0 Å². The molecule has 0 aromatic carbocycles. The Kier molecular flexibility index (Phi) is 3.42. The molecule has 0 saturated carbocycles. The Morgan fingerprint density at radius 2 is 2.23 bits per heavy atom. The molecule has 13 heavy (non-hydrogen) atoms. The van der Waals surface area contributed by atoms with E-state index in [2.05, 4.69) is 5.32 Å². The van der Waals surface area contributed by atoms with Gasteiger partial charge in [0.25, 0.3) is 0 Å². The van der Waals surface area contributed by atoms with E-state index in [4.69, 9.17) is 0 Å². The van der Waals surface area contributed by atoms with Crippen LogP contribution in [0.1, 0.15) is 13.3 Å². The predicted octanol–water partition coefficient (Wildman–Crippen LogP) is -0.357. The zero-order chi connectivity index (χ0) is 9.84. The molecule has 0 bridgehead atoms. The van der Waals surface area contributed by atoms with Gasteiger partial charge >= 0.3 is 0 Å². The highest BCUT2D eigenvalue weighted by Crippen LogP contribution is 2.13. The molecule has 4 heteroatoms. The topological polar surface area (TPSA) is 49.4 Å². The second kappa shape index (κ2) is 4.37. The molecule has 1 saturated heterocycles. The highest BCUT2D eigenvalue weighted by Gasteiger charge is 2.29. The first-order chi connectivity index (χ1) is 6.15. The van der Waals surface area contributed by atoms with E-state index in [1.165, 1.54) is 0 Å². The number of rotatable bonds is 3. The van der Waals surface area contributed by atoms with Crippen LogP contribution in [-0.2, 0) is 9.59 Å². The summed E-state index contributed by atoms with van der Waals surface area (Å²) in [7, 11) is 1.83. The van der Waals surface area contributed by atoms with E-state index in [-0.39, 0.29) is 17.6 Å². The first kappa shape index (κ1) is 10.2. The lowest BCUT2D eigenvalue weighted by atomic mass is 9.98. The van der Waals surface area contributed by atoms with Gasteiger partial charge in [0, 0.05) is 25.4 Å². The molecule has 0 aliphatic carbocycles. The van der Waals surface area contributed by atoms with Gasteiger partial charge in [-0.1, -0.05) is 6.92 Å². The van der Waals surface area contributed by atoms with Crippen molar-refractivity contribution in [3.63, 3.8) is 0 Å². The highest BCUT2D eigenvalue weighted by atomic mass is 16.2. The molecule has 1 rings (SSSR count). The zero-order valence-corrected chi connectivity index (χ0v) is 8.17. The first-order valence-electron chi connectivity index (χ1n) is 4.60. The lowest BCUT2D eigenvalue weighted by molar-refractivity contribution is -0.144. The Labute approximate surface area is 78.3 Å². The fourth-order valence-electron chi connectivity index (χ4n) is 1.53. The summed E-state index contributed by atoms with van der Waals surface area (Å²) in [6.45, 7) is 3.48. The average molecular weight is 184 g/mol. The fourth-order valence-corrected chi connectivity index (χ4v) is 1.53. The van der Waals surface area contributed by atoms with Crippen LogP contribution in [0.5, 0.6) is 0 Å². The number of amides is 1. The van der Waals surface area contributed by atoms with Gasteiger partial charge in [-0.2, -0.15) is 0 Å². The summed E-state index contributed by atoms with van der Waals surface area (Å²) in [4.78, 5) is 24.3. The molecule has 1 fully saturated rings. The molecule has 1 N–H and O–H groups in total. The molecule has 1 atom stereocenters.